The zero-order valence-electron chi connectivity index (χ0n) is 11.1. The average molecular weight is 236 g/mol. The van der Waals surface area contributed by atoms with Crippen LogP contribution in [0.2, 0.25) is 0 Å². The normalized spacial score (nSPS) is 42.9. The van der Waals surface area contributed by atoms with Gasteiger partial charge in [-0.25, -0.2) is 0 Å². The van der Waals surface area contributed by atoms with E-state index >= 15 is 0 Å². The summed E-state index contributed by atoms with van der Waals surface area (Å²) in [7, 11) is 0. The Morgan fingerprint density at radius 2 is 1.76 bits per heavy atom. The van der Waals surface area contributed by atoms with E-state index in [1.165, 1.54) is 64.2 Å². The molecule has 0 spiro atoms. The summed E-state index contributed by atoms with van der Waals surface area (Å²) in [6.45, 7) is 0.866. The van der Waals surface area contributed by atoms with E-state index in [9.17, 15) is 0 Å². The molecule has 0 amide bonds. The highest BCUT2D eigenvalue weighted by Crippen LogP contribution is 2.54. The van der Waals surface area contributed by atoms with Crippen molar-refractivity contribution in [2.75, 3.05) is 6.54 Å². The summed E-state index contributed by atoms with van der Waals surface area (Å²) in [6, 6.07) is 0.764. The topological polar surface area (TPSA) is 38.0 Å². The first-order valence-electron chi connectivity index (χ1n) is 7.82. The van der Waals surface area contributed by atoms with E-state index in [0.29, 0.717) is 5.54 Å². The van der Waals surface area contributed by atoms with E-state index in [0.717, 1.165) is 24.4 Å². The second kappa shape index (κ2) is 4.89. The third-order valence-electron chi connectivity index (χ3n) is 5.54. The number of hydrogen-bond donors (Lipinski definition) is 2. The first-order valence-corrected chi connectivity index (χ1v) is 7.82. The van der Waals surface area contributed by atoms with Crippen LogP contribution in [-0.4, -0.2) is 18.1 Å². The summed E-state index contributed by atoms with van der Waals surface area (Å²) in [6.07, 6.45) is 14.2. The zero-order valence-corrected chi connectivity index (χ0v) is 11.1. The molecule has 0 aromatic carbocycles. The Balaban J connectivity index is 1.64. The summed E-state index contributed by atoms with van der Waals surface area (Å²) < 4.78 is 0. The standard InChI is InChI=1S/C15H28N2/c16-11-15(9-5-6-12-10-14(12)15)17-13-7-3-1-2-4-8-13/h12-14,17H,1-11,16H2. The molecule has 0 radical (unpaired) electrons. The second-order valence-electron chi connectivity index (χ2n) is 6.69. The fourth-order valence-corrected chi connectivity index (χ4v) is 4.43. The van der Waals surface area contributed by atoms with Gasteiger partial charge in [-0.05, 0) is 37.5 Å². The van der Waals surface area contributed by atoms with Gasteiger partial charge in [-0.1, -0.05) is 38.5 Å². The SMILES string of the molecule is NCC1(NC2CCCCCC2)CCCC2CC21. The van der Waals surface area contributed by atoms with Crippen molar-refractivity contribution in [2.45, 2.75) is 75.8 Å². The van der Waals surface area contributed by atoms with Gasteiger partial charge in [0.15, 0.2) is 0 Å². The number of hydrogen-bond acceptors (Lipinski definition) is 2. The highest BCUT2D eigenvalue weighted by molar-refractivity contribution is 5.10. The van der Waals surface area contributed by atoms with Crippen molar-refractivity contribution in [1.29, 1.82) is 0 Å². The minimum atomic E-state index is 0.331. The summed E-state index contributed by atoms with van der Waals surface area (Å²) in [5.74, 6) is 1.94. The molecule has 98 valence electrons. The van der Waals surface area contributed by atoms with Crippen molar-refractivity contribution in [3.05, 3.63) is 0 Å². The summed E-state index contributed by atoms with van der Waals surface area (Å²) in [4.78, 5) is 0. The number of fused-ring (bicyclic) bond motifs is 1. The number of nitrogens with two attached hydrogens (primary N) is 1. The lowest BCUT2D eigenvalue weighted by atomic mass is 9.80. The van der Waals surface area contributed by atoms with Crippen LogP contribution in [0.5, 0.6) is 0 Å². The van der Waals surface area contributed by atoms with Crippen molar-refractivity contribution >= 4 is 0 Å². The first kappa shape index (κ1) is 12.0. The lowest BCUT2D eigenvalue weighted by Gasteiger charge is -2.40. The van der Waals surface area contributed by atoms with Gasteiger partial charge in [0.1, 0.15) is 0 Å². The van der Waals surface area contributed by atoms with Crippen LogP contribution in [0.25, 0.3) is 0 Å². The predicted octanol–water partition coefficient (Wildman–Crippen LogP) is 2.82. The van der Waals surface area contributed by atoms with Gasteiger partial charge in [0, 0.05) is 18.1 Å². The molecule has 2 nitrogen and oxygen atoms in total. The number of nitrogens with one attached hydrogen (secondary N) is 1. The fourth-order valence-electron chi connectivity index (χ4n) is 4.43. The van der Waals surface area contributed by atoms with E-state index in [2.05, 4.69) is 5.32 Å². The van der Waals surface area contributed by atoms with Crippen molar-refractivity contribution in [3.63, 3.8) is 0 Å². The molecule has 3 unspecified atom stereocenters. The van der Waals surface area contributed by atoms with E-state index in [4.69, 9.17) is 5.73 Å². The number of rotatable bonds is 3. The lowest BCUT2D eigenvalue weighted by Crippen LogP contribution is -2.58. The fraction of sp³-hybridized carbons (Fsp3) is 1.00. The monoisotopic (exact) mass is 236 g/mol. The zero-order chi connectivity index (χ0) is 11.7. The second-order valence-corrected chi connectivity index (χ2v) is 6.69. The van der Waals surface area contributed by atoms with Crippen molar-refractivity contribution in [2.24, 2.45) is 17.6 Å². The van der Waals surface area contributed by atoms with Gasteiger partial charge >= 0.3 is 0 Å². The molecule has 0 aromatic heterocycles. The third kappa shape index (κ3) is 2.39. The van der Waals surface area contributed by atoms with Crippen molar-refractivity contribution in [1.82, 2.24) is 5.32 Å². The molecule has 3 atom stereocenters. The maximum Gasteiger partial charge on any atom is 0.0337 e. The molecule has 2 heteroatoms. The molecule has 0 aliphatic heterocycles. The van der Waals surface area contributed by atoms with E-state index in [1.807, 2.05) is 0 Å². The smallest absolute Gasteiger partial charge is 0.0337 e. The molecule has 3 rings (SSSR count). The highest BCUT2D eigenvalue weighted by atomic mass is 15.1. The molecule has 3 N–H and O–H groups in total. The maximum atomic E-state index is 6.15. The van der Waals surface area contributed by atoms with Crippen LogP contribution in [0, 0.1) is 11.8 Å². The molecule has 3 aliphatic carbocycles. The van der Waals surface area contributed by atoms with Gasteiger partial charge in [0.2, 0.25) is 0 Å². The van der Waals surface area contributed by atoms with Gasteiger partial charge in [-0.2, -0.15) is 0 Å². The Morgan fingerprint density at radius 1 is 1.00 bits per heavy atom. The Morgan fingerprint density at radius 3 is 2.47 bits per heavy atom. The lowest BCUT2D eigenvalue weighted by molar-refractivity contribution is 0.188. The molecule has 0 saturated heterocycles. The molecule has 17 heavy (non-hydrogen) atoms. The van der Waals surface area contributed by atoms with Crippen molar-refractivity contribution < 1.29 is 0 Å². The minimum absolute atomic E-state index is 0.331. The molecule has 0 heterocycles. The van der Waals surface area contributed by atoms with Crippen molar-refractivity contribution in [3.8, 4) is 0 Å². The Bertz CT molecular complexity index is 258. The van der Waals surface area contributed by atoms with E-state index < -0.39 is 0 Å². The largest absolute Gasteiger partial charge is 0.329 e. The van der Waals surface area contributed by atoms with Gasteiger partial charge in [0.25, 0.3) is 0 Å². The van der Waals surface area contributed by atoms with Crippen LogP contribution in [0.1, 0.15) is 64.2 Å². The summed E-state index contributed by atoms with van der Waals surface area (Å²) in [5, 5.41) is 4.03. The average Bonchev–Trinajstić information content (AvgIpc) is 3.13. The van der Waals surface area contributed by atoms with Crippen LogP contribution >= 0.6 is 0 Å². The van der Waals surface area contributed by atoms with Crippen LogP contribution in [0.3, 0.4) is 0 Å². The van der Waals surface area contributed by atoms with Gasteiger partial charge in [-0.15, -0.1) is 0 Å². The highest BCUT2D eigenvalue weighted by Gasteiger charge is 2.54. The Kier molecular flexibility index (Phi) is 3.45. The van der Waals surface area contributed by atoms with Gasteiger partial charge in [-0.3, -0.25) is 0 Å². The molecule has 0 aromatic rings. The molecule has 0 bridgehead atoms. The summed E-state index contributed by atoms with van der Waals surface area (Å²) in [5.41, 5.74) is 6.48. The molecular weight excluding hydrogens is 208 g/mol. The third-order valence-corrected chi connectivity index (χ3v) is 5.54. The molecule has 3 aliphatic rings. The summed E-state index contributed by atoms with van der Waals surface area (Å²) >= 11 is 0. The van der Waals surface area contributed by atoms with Crippen LogP contribution < -0.4 is 11.1 Å². The Labute approximate surface area is 106 Å². The quantitative estimate of drug-likeness (QED) is 0.740. The maximum absolute atomic E-state index is 6.15. The van der Waals surface area contributed by atoms with Crippen LogP contribution in [0.4, 0.5) is 0 Å². The van der Waals surface area contributed by atoms with E-state index in [-0.39, 0.29) is 0 Å². The van der Waals surface area contributed by atoms with Crippen LogP contribution in [-0.2, 0) is 0 Å². The Hall–Kier alpha value is -0.0800. The van der Waals surface area contributed by atoms with Crippen LogP contribution in [0.15, 0.2) is 0 Å². The molecule has 3 fully saturated rings. The molecular formula is C15H28N2. The van der Waals surface area contributed by atoms with E-state index in [1.54, 1.807) is 0 Å². The predicted molar refractivity (Wildman–Crippen MR) is 71.9 cm³/mol. The minimum Gasteiger partial charge on any atom is -0.329 e. The first-order chi connectivity index (χ1) is 8.34. The van der Waals surface area contributed by atoms with Gasteiger partial charge < -0.3 is 11.1 Å². The molecule has 3 saturated carbocycles. The van der Waals surface area contributed by atoms with Gasteiger partial charge in [0.05, 0.1) is 0 Å².